The van der Waals surface area contributed by atoms with Crippen LogP contribution in [0.25, 0.3) is 0 Å². The lowest BCUT2D eigenvalue weighted by molar-refractivity contribution is 0.576. The molecule has 0 amide bonds. The van der Waals surface area contributed by atoms with Gasteiger partial charge in [-0.15, -0.1) is 0 Å². The highest BCUT2D eigenvalue weighted by molar-refractivity contribution is 9.10. The number of primary sulfonamides is 1. The first-order valence-corrected chi connectivity index (χ1v) is 8.80. The Kier molecular flexibility index (Phi) is 5.22. The molecule has 1 rings (SSSR count). The molecule has 3 N–H and O–H groups in total. The summed E-state index contributed by atoms with van der Waals surface area (Å²) in [6.07, 6.45) is 2.77. The van der Waals surface area contributed by atoms with Gasteiger partial charge in [-0.1, -0.05) is 0 Å². The van der Waals surface area contributed by atoms with E-state index in [-0.39, 0.29) is 23.6 Å². The van der Waals surface area contributed by atoms with E-state index in [1.54, 1.807) is 0 Å². The molecular formula is C8H12BrN3O4S2. The minimum Gasteiger partial charge on any atom is -0.262 e. The van der Waals surface area contributed by atoms with Crippen LogP contribution in [0, 0.1) is 0 Å². The average Bonchev–Trinajstić information content (AvgIpc) is 2.23. The van der Waals surface area contributed by atoms with Crippen molar-refractivity contribution in [2.45, 2.75) is 11.3 Å². The Morgan fingerprint density at radius 3 is 2.50 bits per heavy atom. The minimum absolute atomic E-state index is 0.00693. The lowest BCUT2D eigenvalue weighted by atomic mass is 10.5. The van der Waals surface area contributed by atoms with Crippen LogP contribution in [0.5, 0.6) is 0 Å². The molecule has 0 saturated carbocycles. The van der Waals surface area contributed by atoms with Crippen molar-refractivity contribution in [1.29, 1.82) is 0 Å². The Bertz CT molecular complexity index is 615. The quantitative estimate of drug-likeness (QED) is 0.683. The summed E-state index contributed by atoms with van der Waals surface area (Å²) in [5.74, 6) is -0.272. The van der Waals surface area contributed by atoms with Gasteiger partial charge in [0.15, 0.2) is 0 Å². The van der Waals surface area contributed by atoms with Crippen LogP contribution in [0.4, 0.5) is 0 Å². The Balaban J connectivity index is 2.61. The zero-order chi connectivity index (χ0) is 13.8. The molecule has 102 valence electrons. The van der Waals surface area contributed by atoms with Crippen molar-refractivity contribution in [2.75, 3.05) is 12.3 Å². The predicted molar refractivity (Wildman–Crippen MR) is 69.7 cm³/mol. The van der Waals surface area contributed by atoms with Gasteiger partial charge in [0.25, 0.3) is 0 Å². The number of aromatic nitrogens is 1. The second-order valence-corrected chi connectivity index (χ2v) is 7.87. The molecule has 7 nitrogen and oxygen atoms in total. The lowest BCUT2D eigenvalue weighted by Crippen LogP contribution is -2.27. The fourth-order valence-electron chi connectivity index (χ4n) is 1.10. The van der Waals surface area contributed by atoms with Crippen LogP contribution in [-0.2, 0) is 20.0 Å². The molecule has 0 bridgehead atoms. The third-order valence-corrected chi connectivity index (χ3v) is 4.61. The van der Waals surface area contributed by atoms with Crippen molar-refractivity contribution in [3.63, 3.8) is 0 Å². The van der Waals surface area contributed by atoms with E-state index in [4.69, 9.17) is 5.14 Å². The summed E-state index contributed by atoms with van der Waals surface area (Å²) in [7, 11) is -7.25. The van der Waals surface area contributed by atoms with E-state index >= 15 is 0 Å². The van der Waals surface area contributed by atoms with E-state index in [9.17, 15) is 16.8 Å². The zero-order valence-electron chi connectivity index (χ0n) is 9.21. The van der Waals surface area contributed by atoms with Gasteiger partial charge in [0.1, 0.15) is 4.90 Å². The summed E-state index contributed by atoms with van der Waals surface area (Å²) >= 11 is 3.11. The number of nitrogens with zero attached hydrogens (tertiary/aromatic N) is 1. The van der Waals surface area contributed by atoms with Crippen LogP contribution in [0.15, 0.2) is 27.8 Å². The molecule has 0 unspecified atom stereocenters. The number of hydrogen-bond donors (Lipinski definition) is 2. The van der Waals surface area contributed by atoms with Crippen LogP contribution in [0.2, 0.25) is 0 Å². The van der Waals surface area contributed by atoms with Crippen LogP contribution in [-0.4, -0.2) is 34.1 Å². The number of hydrogen-bond acceptors (Lipinski definition) is 5. The molecule has 0 saturated heterocycles. The minimum atomic E-state index is -3.68. The summed E-state index contributed by atoms with van der Waals surface area (Å²) in [5, 5.41) is 4.80. The standard InChI is InChI=1S/C8H12BrN3O4S2/c9-7-4-8(6-11-5-7)18(15,16)12-2-1-3-17(10,13)14/h4-6,12H,1-3H2,(H2,10,13,14). The maximum absolute atomic E-state index is 11.8. The molecule has 18 heavy (non-hydrogen) atoms. The van der Waals surface area contributed by atoms with Gasteiger partial charge in [0.05, 0.1) is 5.75 Å². The first-order chi connectivity index (χ1) is 8.21. The van der Waals surface area contributed by atoms with Crippen LogP contribution < -0.4 is 9.86 Å². The van der Waals surface area contributed by atoms with E-state index in [0.717, 1.165) is 0 Å². The van der Waals surface area contributed by atoms with E-state index in [1.165, 1.54) is 18.5 Å². The summed E-state index contributed by atoms with van der Waals surface area (Å²) in [5.41, 5.74) is 0. The molecule has 0 atom stereocenters. The van der Waals surface area contributed by atoms with Gasteiger partial charge in [-0.3, -0.25) is 4.98 Å². The third kappa shape index (κ3) is 5.40. The molecule has 1 aromatic heterocycles. The van der Waals surface area contributed by atoms with Crippen molar-refractivity contribution < 1.29 is 16.8 Å². The second kappa shape index (κ2) is 6.06. The molecule has 10 heteroatoms. The Labute approximate surface area is 114 Å². The number of halogens is 1. The first kappa shape index (κ1) is 15.5. The Morgan fingerprint density at radius 1 is 1.28 bits per heavy atom. The van der Waals surface area contributed by atoms with E-state index in [0.29, 0.717) is 4.47 Å². The summed E-state index contributed by atoms with van der Waals surface area (Å²) in [6.45, 7) is -0.00865. The van der Waals surface area contributed by atoms with Crippen LogP contribution in [0.3, 0.4) is 0 Å². The Hall–Kier alpha value is -0.550. The molecule has 1 heterocycles. The van der Waals surface area contributed by atoms with Gasteiger partial charge in [-0.2, -0.15) is 0 Å². The maximum Gasteiger partial charge on any atom is 0.242 e. The van der Waals surface area contributed by atoms with E-state index in [1.807, 2.05) is 0 Å². The maximum atomic E-state index is 11.8. The van der Waals surface area contributed by atoms with Gasteiger partial charge in [-0.25, -0.2) is 26.7 Å². The fraction of sp³-hybridized carbons (Fsp3) is 0.375. The molecule has 1 aromatic rings. The first-order valence-electron chi connectivity index (χ1n) is 4.81. The van der Waals surface area contributed by atoms with Gasteiger partial charge in [0.2, 0.25) is 20.0 Å². The van der Waals surface area contributed by atoms with Crippen LogP contribution >= 0.6 is 15.9 Å². The summed E-state index contributed by atoms with van der Waals surface area (Å²) < 4.78 is 47.6. The topological polar surface area (TPSA) is 119 Å². The molecule has 0 fully saturated rings. The predicted octanol–water partition coefficient (Wildman–Crippen LogP) is -0.199. The van der Waals surface area contributed by atoms with Crippen molar-refractivity contribution in [2.24, 2.45) is 5.14 Å². The molecule has 0 spiro atoms. The van der Waals surface area contributed by atoms with Crippen LogP contribution in [0.1, 0.15) is 6.42 Å². The molecule has 0 aromatic carbocycles. The molecular weight excluding hydrogens is 346 g/mol. The lowest BCUT2D eigenvalue weighted by Gasteiger charge is -2.06. The van der Waals surface area contributed by atoms with Crippen molar-refractivity contribution >= 4 is 36.0 Å². The van der Waals surface area contributed by atoms with Gasteiger partial charge < -0.3 is 0 Å². The van der Waals surface area contributed by atoms with Crippen molar-refractivity contribution in [3.05, 3.63) is 22.9 Å². The second-order valence-electron chi connectivity index (χ2n) is 3.46. The monoisotopic (exact) mass is 357 g/mol. The van der Waals surface area contributed by atoms with Crippen molar-refractivity contribution in [1.82, 2.24) is 9.71 Å². The Morgan fingerprint density at radius 2 is 1.94 bits per heavy atom. The summed E-state index contributed by atoms with van der Waals surface area (Å²) in [4.78, 5) is 3.74. The molecule has 0 aliphatic rings. The number of rotatable bonds is 6. The molecule has 0 aliphatic heterocycles. The molecule has 0 radical (unpaired) electrons. The highest BCUT2D eigenvalue weighted by Crippen LogP contribution is 2.13. The average molecular weight is 358 g/mol. The van der Waals surface area contributed by atoms with E-state index in [2.05, 4.69) is 25.6 Å². The third-order valence-electron chi connectivity index (χ3n) is 1.89. The zero-order valence-corrected chi connectivity index (χ0v) is 12.4. The largest absolute Gasteiger partial charge is 0.262 e. The fourth-order valence-corrected chi connectivity index (χ4v) is 3.23. The highest BCUT2D eigenvalue weighted by Gasteiger charge is 2.14. The van der Waals surface area contributed by atoms with E-state index < -0.39 is 20.0 Å². The smallest absolute Gasteiger partial charge is 0.242 e. The number of sulfonamides is 2. The molecule has 0 aliphatic carbocycles. The SMILES string of the molecule is NS(=O)(=O)CCCNS(=O)(=O)c1cncc(Br)c1. The van der Waals surface area contributed by atoms with Gasteiger partial charge in [0, 0.05) is 23.4 Å². The summed E-state index contributed by atoms with van der Waals surface area (Å²) in [6, 6.07) is 1.40. The normalized spacial score (nSPS) is 12.6. The number of nitrogens with one attached hydrogen (secondary N) is 1. The number of nitrogens with two attached hydrogens (primary N) is 1. The highest BCUT2D eigenvalue weighted by atomic mass is 79.9. The van der Waals surface area contributed by atoms with Crippen molar-refractivity contribution in [3.8, 4) is 0 Å². The number of pyridine rings is 1. The van der Waals surface area contributed by atoms with Gasteiger partial charge in [-0.05, 0) is 28.4 Å². The van der Waals surface area contributed by atoms with Gasteiger partial charge >= 0.3 is 0 Å².